The highest BCUT2D eigenvalue weighted by Gasteiger charge is 2.13. The smallest absolute Gasteiger partial charge is 0.270 e. The van der Waals surface area contributed by atoms with Crippen LogP contribution in [-0.4, -0.2) is 16.8 Å². The van der Waals surface area contributed by atoms with Crippen LogP contribution >= 0.6 is 46.4 Å². The number of aromatic nitrogens is 1. The van der Waals surface area contributed by atoms with Crippen molar-refractivity contribution in [1.29, 1.82) is 0 Å². The normalized spacial score (nSPS) is 10.5. The Morgan fingerprint density at radius 1 is 0.667 bits per heavy atom. The van der Waals surface area contributed by atoms with Crippen LogP contribution in [0.3, 0.4) is 0 Å². The zero-order valence-electron chi connectivity index (χ0n) is 15.4. The minimum absolute atomic E-state index is 0.122. The summed E-state index contributed by atoms with van der Waals surface area (Å²) in [6.07, 6.45) is 0. The first-order chi connectivity index (χ1) is 14.3. The molecule has 3 rings (SSSR count). The highest BCUT2D eigenvalue weighted by atomic mass is 35.5. The van der Waals surface area contributed by atoms with Crippen LogP contribution in [0, 0.1) is 0 Å². The van der Waals surface area contributed by atoms with Gasteiger partial charge in [0.25, 0.3) is 11.8 Å². The lowest BCUT2D eigenvalue weighted by molar-refractivity contribution is 0.0941. The van der Waals surface area contributed by atoms with E-state index < -0.39 is 11.8 Å². The predicted octanol–water partition coefficient (Wildman–Crippen LogP) is 5.56. The molecule has 1 heterocycles. The van der Waals surface area contributed by atoms with E-state index in [1.54, 1.807) is 42.5 Å². The van der Waals surface area contributed by atoms with Crippen molar-refractivity contribution in [1.82, 2.24) is 15.6 Å². The molecule has 0 atom stereocenters. The van der Waals surface area contributed by atoms with E-state index in [1.165, 1.54) is 12.1 Å². The van der Waals surface area contributed by atoms with E-state index in [4.69, 9.17) is 46.4 Å². The first kappa shape index (κ1) is 22.4. The monoisotopic (exact) mass is 481 g/mol. The third-order valence-corrected chi connectivity index (χ3v) is 5.57. The van der Waals surface area contributed by atoms with Gasteiger partial charge < -0.3 is 10.6 Å². The molecule has 0 spiro atoms. The molecule has 0 fully saturated rings. The zero-order valence-corrected chi connectivity index (χ0v) is 18.4. The number of amides is 2. The molecule has 2 amide bonds. The van der Waals surface area contributed by atoms with E-state index in [2.05, 4.69) is 15.6 Å². The second-order valence-electron chi connectivity index (χ2n) is 6.27. The van der Waals surface area contributed by atoms with Crippen molar-refractivity contribution in [3.63, 3.8) is 0 Å². The van der Waals surface area contributed by atoms with Gasteiger partial charge in [-0.2, -0.15) is 0 Å². The Morgan fingerprint density at radius 2 is 1.10 bits per heavy atom. The van der Waals surface area contributed by atoms with Crippen molar-refractivity contribution in [2.75, 3.05) is 0 Å². The van der Waals surface area contributed by atoms with Crippen molar-refractivity contribution in [2.45, 2.75) is 13.1 Å². The summed E-state index contributed by atoms with van der Waals surface area (Å²) in [6.45, 7) is 0.482. The topological polar surface area (TPSA) is 71.1 Å². The fourth-order valence-electron chi connectivity index (χ4n) is 2.53. The van der Waals surface area contributed by atoms with E-state index >= 15 is 0 Å². The lowest BCUT2D eigenvalue weighted by Crippen LogP contribution is -2.27. The molecule has 154 valence electrons. The number of pyridine rings is 1. The van der Waals surface area contributed by atoms with Crippen molar-refractivity contribution >= 4 is 58.2 Å². The van der Waals surface area contributed by atoms with Crippen LogP contribution in [0.4, 0.5) is 0 Å². The SMILES string of the molecule is O=C(NCc1ccc(Cl)c(Cl)c1)c1cccc(C(=O)NCc2ccc(Cl)c(Cl)c2)n1. The minimum Gasteiger partial charge on any atom is -0.347 e. The zero-order chi connectivity index (χ0) is 21.7. The number of carbonyl (C=O) groups excluding carboxylic acids is 2. The summed E-state index contributed by atoms with van der Waals surface area (Å²) in [5.74, 6) is -0.833. The fourth-order valence-corrected chi connectivity index (χ4v) is 3.17. The Kier molecular flexibility index (Phi) is 7.56. The molecule has 30 heavy (non-hydrogen) atoms. The second-order valence-corrected chi connectivity index (χ2v) is 7.90. The van der Waals surface area contributed by atoms with Gasteiger partial charge in [0.1, 0.15) is 11.4 Å². The average molecular weight is 483 g/mol. The molecule has 0 aliphatic rings. The molecule has 0 unspecified atom stereocenters. The molecule has 2 N–H and O–H groups in total. The molecule has 3 aromatic rings. The van der Waals surface area contributed by atoms with E-state index in [9.17, 15) is 9.59 Å². The van der Waals surface area contributed by atoms with Crippen LogP contribution < -0.4 is 10.6 Å². The van der Waals surface area contributed by atoms with Crippen LogP contribution in [-0.2, 0) is 13.1 Å². The van der Waals surface area contributed by atoms with Crippen LogP contribution in [0.25, 0.3) is 0 Å². The standard InChI is InChI=1S/C21H15Cl4N3O2/c22-14-6-4-12(8-16(14)24)10-26-20(29)18-2-1-3-19(28-18)21(30)27-11-13-5-7-15(23)17(25)9-13/h1-9H,10-11H2,(H,26,29)(H,27,30). The fraction of sp³-hybridized carbons (Fsp3) is 0.0952. The largest absolute Gasteiger partial charge is 0.347 e. The molecule has 0 aliphatic carbocycles. The third-order valence-electron chi connectivity index (χ3n) is 4.09. The maximum absolute atomic E-state index is 12.4. The van der Waals surface area contributed by atoms with Crippen molar-refractivity contribution < 1.29 is 9.59 Å². The van der Waals surface area contributed by atoms with Gasteiger partial charge in [0.15, 0.2) is 0 Å². The second kappa shape index (κ2) is 10.1. The van der Waals surface area contributed by atoms with Gasteiger partial charge in [-0.15, -0.1) is 0 Å². The number of hydrogen-bond donors (Lipinski definition) is 2. The average Bonchev–Trinajstić information content (AvgIpc) is 2.75. The van der Waals surface area contributed by atoms with Gasteiger partial charge in [0, 0.05) is 13.1 Å². The molecular weight excluding hydrogens is 468 g/mol. The first-order valence-electron chi connectivity index (χ1n) is 8.75. The number of rotatable bonds is 6. The first-order valence-corrected chi connectivity index (χ1v) is 10.3. The van der Waals surface area contributed by atoms with Gasteiger partial charge in [-0.3, -0.25) is 9.59 Å². The van der Waals surface area contributed by atoms with Gasteiger partial charge >= 0.3 is 0 Å². The number of halogens is 4. The van der Waals surface area contributed by atoms with Gasteiger partial charge in [-0.05, 0) is 47.5 Å². The van der Waals surface area contributed by atoms with E-state index in [1.807, 2.05) is 0 Å². The molecule has 2 aromatic carbocycles. The van der Waals surface area contributed by atoms with Crippen LogP contribution in [0.2, 0.25) is 20.1 Å². The Hall–Kier alpha value is -2.31. The Labute approximate surface area is 193 Å². The molecule has 0 aliphatic heterocycles. The number of nitrogens with zero attached hydrogens (tertiary/aromatic N) is 1. The van der Waals surface area contributed by atoms with E-state index in [0.29, 0.717) is 20.1 Å². The summed E-state index contributed by atoms with van der Waals surface area (Å²) < 4.78 is 0. The maximum Gasteiger partial charge on any atom is 0.270 e. The van der Waals surface area contributed by atoms with E-state index in [-0.39, 0.29) is 24.5 Å². The third kappa shape index (κ3) is 5.86. The number of benzene rings is 2. The highest BCUT2D eigenvalue weighted by molar-refractivity contribution is 6.42. The maximum atomic E-state index is 12.4. The van der Waals surface area contributed by atoms with Gasteiger partial charge in [0.05, 0.1) is 20.1 Å². The van der Waals surface area contributed by atoms with Gasteiger partial charge in [-0.25, -0.2) is 4.98 Å². The molecule has 0 saturated heterocycles. The summed E-state index contributed by atoms with van der Waals surface area (Å²) >= 11 is 23.7. The Bertz CT molecular complexity index is 1020. The lowest BCUT2D eigenvalue weighted by atomic mass is 10.2. The number of hydrogen-bond acceptors (Lipinski definition) is 3. The summed E-state index contributed by atoms with van der Waals surface area (Å²) in [5.41, 5.74) is 1.82. The number of nitrogens with one attached hydrogen (secondary N) is 2. The summed E-state index contributed by atoms with van der Waals surface area (Å²) in [6, 6.07) is 14.8. The Balaban J connectivity index is 1.61. The summed E-state index contributed by atoms with van der Waals surface area (Å²) in [7, 11) is 0. The van der Waals surface area contributed by atoms with Crippen LogP contribution in [0.5, 0.6) is 0 Å². The molecular formula is C21H15Cl4N3O2. The summed E-state index contributed by atoms with van der Waals surface area (Å²) in [4.78, 5) is 28.9. The molecule has 0 bridgehead atoms. The predicted molar refractivity (Wildman–Crippen MR) is 120 cm³/mol. The van der Waals surface area contributed by atoms with E-state index in [0.717, 1.165) is 11.1 Å². The number of carbonyl (C=O) groups is 2. The van der Waals surface area contributed by atoms with Crippen molar-refractivity contribution in [2.24, 2.45) is 0 Å². The molecule has 1 aromatic heterocycles. The summed E-state index contributed by atoms with van der Waals surface area (Å²) in [5, 5.41) is 7.16. The minimum atomic E-state index is -0.416. The van der Waals surface area contributed by atoms with Crippen LogP contribution in [0.15, 0.2) is 54.6 Å². The van der Waals surface area contributed by atoms with Crippen LogP contribution in [0.1, 0.15) is 32.1 Å². The lowest BCUT2D eigenvalue weighted by Gasteiger charge is -2.08. The van der Waals surface area contributed by atoms with Crippen molar-refractivity contribution in [3.05, 3.63) is 97.2 Å². The van der Waals surface area contributed by atoms with Crippen molar-refractivity contribution in [3.8, 4) is 0 Å². The quantitative estimate of drug-likeness (QED) is 0.483. The molecule has 0 radical (unpaired) electrons. The molecule has 9 heteroatoms. The van der Waals surface area contributed by atoms with Gasteiger partial charge in [0.2, 0.25) is 0 Å². The molecule has 0 saturated carbocycles. The van der Waals surface area contributed by atoms with Gasteiger partial charge in [-0.1, -0.05) is 64.6 Å². The highest BCUT2D eigenvalue weighted by Crippen LogP contribution is 2.23. The molecule has 5 nitrogen and oxygen atoms in total. The Morgan fingerprint density at radius 3 is 1.50 bits per heavy atom.